The Hall–Kier alpha value is -1.58. The molecular weight excluding hydrogens is 226 g/mol. The molecule has 0 heterocycles. The second kappa shape index (κ2) is 6.38. The van der Waals surface area contributed by atoms with E-state index in [1.807, 2.05) is 39.1 Å². The summed E-state index contributed by atoms with van der Waals surface area (Å²) in [6.07, 6.45) is 0.526. The molecule has 0 saturated carbocycles. The van der Waals surface area contributed by atoms with Crippen molar-refractivity contribution < 1.29 is 4.39 Å². The van der Waals surface area contributed by atoms with Crippen LogP contribution < -0.4 is 10.6 Å². The molecule has 1 aromatic rings. The molecule has 1 radical (unpaired) electrons. The molecule has 18 heavy (non-hydrogen) atoms. The van der Waals surface area contributed by atoms with Crippen LogP contribution in [0.3, 0.4) is 0 Å². The fourth-order valence-corrected chi connectivity index (χ4v) is 1.72. The van der Waals surface area contributed by atoms with E-state index in [0.29, 0.717) is 5.46 Å². The number of allylic oxidation sites excluding steroid dienone is 1. The molecule has 0 aliphatic rings. The zero-order chi connectivity index (χ0) is 13.7. The van der Waals surface area contributed by atoms with E-state index in [0.717, 1.165) is 22.4 Å². The van der Waals surface area contributed by atoms with Crippen molar-refractivity contribution in [3.05, 3.63) is 35.5 Å². The number of halogens is 1. The van der Waals surface area contributed by atoms with Gasteiger partial charge in [0.05, 0.1) is 0 Å². The van der Waals surface area contributed by atoms with Crippen LogP contribution >= 0.6 is 0 Å². The normalized spacial score (nSPS) is 13.0. The van der Waals surface area contributed by atoms with Gasteiger partial charge in [0.1, 0.15) is 0 Å². The minimum atomic E-state index is -1.10. The van der Waals surface area contributed by atoms with Gasteiger partial charge in [0, 0.05) is 0 Å². The second-order valence-electron chi connectivity index (χ2n) is 4.30. The molecule has 0 bridgehead atoms. The van der Waals surface area contributed by atoms with Crippen molar-refractivity contribution in [2.75, 3.05) is 12.4 Å². The van der Waals surface area contributed by atoms with Crippen molar-refractivity contribution in [2.24, 2.45) is 0 Å². The van der Waals surface area contributed by atoms with Gasteiger partial charge in [-0.15, -0.1) is 0 Å². The van der Waals surface area contributed by atoms with Crippen molar-refractivity contribution >= 4 is 24.2 Å². The molecule has 95 valence electrons. The molecule has 0 aliphatic heterocycles. The van der Waals surface area contributed by atoms with Crippen LogP contribution in [-0.4, -0.2) is 26.3 Å². The third-order valence-corrected chi connectivity index (χ3v) is 2.69. The van der Waals surface area contributed by atoms with E-state index in [1.165, 1.54) is 6.92 Å². The summed E-state index contributed by atoms with van der Waals surface area (Å²) in [5.74, 6) is 0. The Bertz CT molecular complexity index is 467. The molecule has 1 unspecified atom stereocenters. The third kappa shape index (κ3) is 3.72. The van der Waals surface area contributed by atoms with Gasteiger partial charge in [-0.3, -0.25) is 0 Å². The molecule has 0 aromatic heterocycles. The van der Waals surface area contributed by atoms with E-state index in [9.17, 15) is 4.39 Å². The summed E-state index contributed by atoms with van der Waals surface area (Å²) in [5.41, 5.74) is 4.61. The fraction of sp³-hybridized carbons (Fsp3) is 0.357. The molecule has 2 N–H and O–H groups in total. The molecule has 0 spiro atoms. The van der Waals surface area contributed by atoms with E-state index in [2.05, 4.69) is 10.6 Å². The van der Waals surface area contributed by atoms with Crippen LogP contribution in [0.1, 0.15) is 25.0 Å². The van der Waals surface area contributed by atoms with E-state index in [4.69, 9.17) is 7.49 Å². The molecule has 0 aliphatic carbocycles. The predicted molar refractivity (Wildman–Crippen MR) is 78.8 cm³/mol. The minimum absolute atomic E-state index is 0.656. The van der Waals surface area contributed by atoms with Crippen molar-refractivity contribution in [2.45, 2.75) is 27.1 Å². The van der Waals surface area contributed by atoms with E-state index < -0.39 is 6.30 Å². The third-order valence-electron chi connectivity index (χ3n) is 2.69. The first-order valence-corrected chi connectivity index (χ1v) is 5.94. The van der Waals surface area contributed by atoms with Crippen LogP contribution in [0.25, 0.3) is 5.57 Å². The summed E-state index contributed by atoms with van der Waals surface area (Å²) in [6.45, 7) is 5.25. The summed E-state index contributed by atoms with van der Waals surface area (Å²) in [7, 11) is 7.74. The molecule has 1 rings (SSSR count). The van der Waals surface area contributed by atoms with E-state index in [1.54, 1.807) is 6.20 Å². The topological polar surface area (TPSA) is 24.1 Å². The van der Waals surface area contributed by atoms with Gasteiger partial charge in [-0.2, -0.15) is 0 Å². The Balaban J connectivity index is 3.14. The summed E-state index contributed by atoms with van der Waals surface area (Å²) >= 11 is 0. The quantitative estimate of drug-likeness (QED) is 0.615. The van der Waals surface area contributed by atoms with Crippen molar-refractivity contribution in [3.8, 4) is 0 Å². The molecule has 2 nitrogen and oxygen atoms in total. The number of alkyl halides is 1. The number of hydrogen-bond donors (Lipinski definition) is 2. The summed E-state index contributed by atoms with van der Waals surface area (Å²) in [4.78, 5) is 0. The zero-order valence-corrected chi connectivity index (χ0v) is 11.3. The fourth-order valence-electron chi connectivity index (χ4n) is 1.72. The molecule has 0 amide bonds. The van der Waals surface area contributed by atoms with Crippen LogP contribution in [0.2, 0.25) is 0 Å². The monoisotopic (exact) mass is 245 g/mol. The first-order chi connectivity index (χ1) is 8.45. The van der Waals surface area contributed by atoms with Crippen LogP contribution in [0.15, 0.2) is 24.4 Å². The van der Waals surface area contributed by atoms with Gasteiger partial charge in [-0.25, -0.2) is 0 Å². The van der Waals surface area contributed by atoms with Gasteiger partial charge in [0.2, 0.25) is 0 Å². The van der Waals surface area contributed by atoms with Gasteiger partial charge < -0.3 is 0 Å². The molecule has 0 fully saturated rings. The van der Waals surface area contributed by atoms with Crippen molar-refractivity contribution in [1.29, 1.82) is 0 Å². The molecule has 4 heteroatoms. The van der Waals surface area contributed by atoms with Crippen molar-refractivity contribution in [1.82, 2.24) is 5.32 Å². The van der Waals surface area contributed by atoms with Gasteiger partial charge in [-0.1, -0.05) is 0 Å². The SMILES string of the molecule is [B]=C(C)/C(=C\NC(C)F)c1ccc(NC)cc1C. The van der Waals surface area contributed by atoms with Gasteiger partial charge in [0.25, 0.3) is 0 Å². The first kappa shape index (κ1) is 14.5. The molecule has 0 saturated heterocycles. The Labute approximate surface area is 109 Å². The predicted octanol–water partition coefficient (Wildman–Crippen LogP) is 2.64. The van der Waals surface area contributed by atoms with E-state index in [-0.39, 0.29) is 0 Å². The first-order valence-electron chi connectivity index (χ1n) is 5.94. The standard InChI is InChI=1S/C14H19BFN2/c1-9-7-12(17-4)5-6-13(9)14(10(2)15)8-18-11(3)16/h5-8,11,17-18H,1-4H3/b14-8+. The Kier molecular flexibility index (Phi) is 5.14. The molecule has 1 aromatic carbocycles. The van der Waals surface area contributed by atoms with Gasteiger partial charge >= 0.3 is 109 Å². The van der Waals surface area contributed by atoms with Crippen molar-refractivity contribution in [3.63, 3.8) is 0 Å². The summed E-state index contributed by atoms with van der Waals surface area (Å²) in [6, 6.07) is 5.98. The Morgan fingerprint density at radius 1 is 1.44 bits per heavy atom. The van der Waals surface area contributed by atoms with Gasteiger partial charge in [-0.05, 0) is 0 Å². The number of anilines is 1. The number of benzene rings is 1. The average Bonchev–Trinajstić information content (AvgIpc) is 2.30. The Morgan fingerprint density at radius 2 is 2.11 bits per heavy atom. The summed E-state index contributed by atoms with van der Waals surface area (Å²) < 4.78 is 12.8. The zero-order valence-electron chi connectivity index (χ0n) is 11.3. The number of rotatable bonds is 5. The van der Waals surface area contributed by atoms with Crippen LogP contribution in [0.5, 0.6) is 0 Å². The van der Waals surface area contributed by atoms with E-state index >= 15 is 0 Å². The Morgan fingerprint density at radius 3 is 2.56 bits per heavy atom. The maximum absolute atomic E-state index is 12.8. The number of hydrogen-bond acceptors (Lipinski definition) is 2. The molecular formula is C14H19BFN2. The average molecular weight is 245 g/mol. The molecule has 1 atom stereocenters. The number of aryl methyl sites for hydroxylation is 1. The maximum atomic E-state index is 12.8. The van der Waals surface area contributed by atoms with Gasteiger partial charge in [0.15, 0.2) is 0 Å². The van der Waals surface area contributed by atoms with Crippen LogP contribution in [0, 0.1) is 6.92 Å². The summed E-state index contributed by atoms with van der Waals surface area (Å²) in [5, 5.41) is 5.72. The van der Waals surface area contributed by atoms with Crippen LogP contribution in [-0.2, 0) is 0 Å². The van der Waals surface area contributed by atoms with Crippen LogP contribution in [0.4, 0.5) is 10.1 Å². The second-order valence-corrected chi connectivity index (χ2v) is 4.30. The number of nitrogens with one attached hydrogen (secondary N) is 2.